The summed E-state index contributed by atoms with van der Waals surface area (Å²) < 4.78 is 10.5. The number of hydrogen-bond acceptors (Lipinski definition) is 5. The lowest BCUT2D eigenvalue weighted by atomic mass is 10.2. The van der Waals surface area contributed by atoms with Gasteiger partial charge in [0.25, 0.3) is 5.69 Å². The van der Waals surface area contributed by atoms with Crippen molar-refractivity contribution in [3.8, 4) is 5.75 Å². The molecule has 0 radical (unpaired) electrons. The molecule has 0 amide bonds. The molecule has 0 aromatic heterocycles. The van der Waals surface area contributed by atoms with Crippen LogP contribution in [0.15, 0.2) is 54.6 Å². The van der Waals surface area contributed by atoms with Gasteiger partial charge in [0.05, 0.1) is 4.92 Å². The van der Waals surface area contributed by atoms with Gasteiger partial charge in [-0.25, -0.2) is 0 Å². The first-order valence-electron chi connectivity index (χ1n) is 5.78. The topological polar surface area (TPSA) is 61.6 Å². The minimum absolute atomic E-state index is 0.00604. The molecular weight excluding hydrogens is 278 g/mol. The van der Waals surface area contributed by atoms with Gasteiger partial charge in [0, 0.05) is 24.4 Å². The minimum atomic E-state index is -0.478. The van der Waals surface area contributed by atoms with Crippen LogP contribution in [0, 0.1) is 10.1 Å². The van der Waals surface area contributed by atoms with Crippen LogP contribution in [0.1, 0.15) is 5.56 Å². The molecule has 0 unspecified atom stereocenters. The highest BCUT2D eigenvalue weighted by molar-refractivity contribution is 7.79. The Labute approximate surface area is 120 Å². The third-order valence-electron chi connectivity index (χ3n) is 2.45. The lowest BCUT2D eigenvalue weighted by molar-refractivity contribution is -0.384. The molecule has 0 N–H and O–H groups in total. The van der Waals surface area contributed by atoms with E-state index in [2.05, 4.69) is 0 Å². The van der Waals surface area contributed by atoms with Crippen molar-refractivity contribution in [1.82, 2.24) is 0 Å². The molecule has 0 saturated carbocycles. The van der Waals surface area contributed by atoms with Crippen LogP contribution in [0.4, 0.5) is 5.69 Å². The normalized spacial score (nSPS) is 9.80. The first-order valence-corrected chi connectivity index (χ1v) is 6.19. The molecule has 102 valence electrons. The van der Waals surface area contributed by atoms with Crippen molar-refractivity contribution in [3.05, 3.63) is 70.3 Å². The zero-order valence-corrected chi connectivity index (χ0v) is 11.2. The fourth-order valence-corrected chi connectivity index (χ4v) is 1.63. The molecular formula is C14H11NO4S. The first-order chi connectivity index (χ1) is 9.65. The molecule has 0 spiro atoms. The summed E-state index contributed by atoms with van der Waals surface area (Å²) in [5.74, 6) is 0.397. The van der Waals surface area contributed by atoms with Gasteiger partial charge in [-0.1, -0.05) is 30.3 Å². The molecule has 0 aliphatic carbocycles. The van der Waals surface area contributed by atoms with Crippen LogP contribution in [0.3, 0.4) is 0 Å². The molecule has 2 aromatic rings. The summed E-state index contributed by atoms with van der Waals surface area (Å²) in [6.07, 6.45) is 0. The lowest BCUT2D eigenvalue weighted by Crippen LogP contribution is -2.10. The number of thiocarbonyl (C=S) groups is 1. The van der Waals surface area contributed by atoms with Crippen LogP contribution >= 0.6 is 12.2 Å². The lowest BCUT2D eigenvalue weighted by Gasteiger charge is -2.08. The van der Waals surface area contributed by atoms with E-state index in [1.165, 1.54) is 24.3 Å². The van der Waals surface area contributed by atoms with Gasteiger partial charge in [-0.05, 0) is 17.7 Å². The highest BCUT2D eigenvalue weighted by atomic mass is 32.1. The van der Waals surface area contributed by atoms with Crippen molar-refractivity contribution >= 4 is 23.1 Å². The van der Waals surface area contributed by atoms with Gasteiger partial charge in [0.15, 0.2) is 0 Å². The summed E-state index contributed by atoms with van der Waals surface area (Å²) >= 11 is 4.94. The van der Waals surface area contributed by atoms with Crippen molar-refractivity contribution < 1.29 is 14.4 Å². The Kier molecular flexibility index (Phi) is 4.62. The molecule has 0 saturated heterocycles. The predicted octanol–water partition coefficient (Wildman–Crippen LogP) is 3.48. The molecule has 0 fully saturated rings. The highest BCUT2D eigenvalue weighted by Crippen LogP contribution is 2.17. The maximum absolute atomic E-state index is 10.5. The van der Waals surface area contributed by atoms with Gasteiger partial charge >= 0.3 is 5.24 Å². The molecule has 2 aromatic carbocycles. The fourth-order valence-electron chi connectivity index (χ4n) is 1.48. The van der Waals surface area contributed by atoms with Crippen LogP contribution in [0.5, 0.6) is 5.75 Å². The van der Waals surface area contributed by atoms with Gasteiger partial charge in [-0.2, -0.15) is 0 Å². The van der Waals surface area contributed by atoms with E-state index in [0.29, 0.717) is 12.4 Å². The molecule has 6 heteroatoms. The van der Waals surface area contributed by atoms with E-state index in [0.717, 1.165) is 5.56 Å². The van der Waals surface area contributed by atoms with E-state index in [-0.39, 0.29) is 10.9 Å². The summed E-state index contributed by atoms with van der Waals surface area (Å²) in [5, 5.41) is 10.5. The Morgan fingerprint density at radius 3 is 2.35 bits per heavy atom. The average molecular weight is 289 g/mol. The fraction of sp³-hybridized carbons (Fsp3) is 0.0714. The Bertz CT molecular complexity index is 598. The second-order valence-corrected chi connectivity index (χ2v) is 4.21. The van der Waals surface area contributed by atoms with E-state index in [1.54, 1.807) is 0 Å². The molecule has 20 heavy (non-hydrogen) atoms. The van der Waals surface area contributed by atoms with Crippen LogP contribution in [0.2, 0.25) is 0 Å². The maximum Gasteiger partial charge on any atom is 0.358 e. The average Bonchev–Trinajstić information content (AvgIpc) is 2.47. The van der Waals surface area contributed by atoms with E-state index in [9.17, 15) is 10.1 Å². The maximum atomic E-state index is 10.5. The zero-order chi connectivity index (χ0) is 14.4. The van der Waals surface area contributed by atoms with Crippen molar-refractivity contribution in [3.63, 3.8) is 0 Å². The van der Waals surface area contributed by atoms with E-state index < -0.39 is 4.92 Å². The van der Waals surface area contributed by atoms with E-state index in [1.807, 2.05) is 30.3 Å². The largest absolute Gasteiger partial charge is 0.452 e. The van der Waals surface area contributed by atoms with Crippen molar-refractivity contribution in [1.29, 1.82) is 0 Å². The Hall–Kier alpha value is -2.47. The Morgan fingerprint density at radius 1 is 1.10 bits per heavy atom. The molecule has 0 atom stereocenters. The molecule has 0 aliphatic rings. The smallest absolute Gasteiger partial charge is 0.358 e. The van der Waals surface area contributed by atoms with Crippen LogP contribution in [-0.4, -0.2) is 10.2 Å². The summed E-state index contributed by atoms with van der Waals surface area (Å²) in [7, 11) is 0. The van der Waals surface area contributed by atoms with Gasteiger partial charge in [-0.15, -0.1) is 0 Å². The van der Waals surface area contributed by atoms with Gasteiger partial charge in [-0.3, -0.25) is 10.1 Å². The molecule has 5 nitrogen and oxygen atoms in total. The van der Waals surface area contributed by atoms with Crippen molar-refractivity contribution in [2.75, 3.05) is 0 Å². The number of rotatable bonds is 4. The number of benzene rings is 2. The number of ether oxygens (including phenoxy) is 2. The number of nitrogens with zero attached hydrogens (tertiary/aromatic N) is 1. The Morgan fingerprint density at radius 2 is 1.75 bits per heavy atom. The predicted molar refractivity (Wildman–Crippen MR) is 77.6 cm³/mol. The van der Waals surface area contributed by atoms with E-state index >= 15 is 0 Å². The number of non-ortho nitro benzene ring substituents is 1. The molecule has 0 heterocycles. The summed E-state index contributed by atoms with van der Waals surface area (Å²) in [5.41, 5.74) is 0.968. The standard InChI is InChI=1S/C14H11NO4S/c16-15(17)12-6-8-13(9-7-12)19-14(20)18-10-11-4-2-1-3-5-11/h1-9H,10H2. The SMILES string of the molecule is O=[N+]([O-])c1ccc(OC(=S)OCc2ccccc2)cc1. The van der Waals surface area contributed by atoms with Crippen LogP contribution in [0.25, 0.3) is 0 Å². The van der Waals surface area contributed by atoms with E-state index in [4.69, 9.17) is 21.7 Å². The highest BCUT2D eigenvalue weighted by Gasteiger charge is 2.06. The number of hydrogen-bond donors (Lipinski definition) is 0. The second kappa shape index (κ2) is 6.63. The zero-order valence-electron chi connectivity index (χ0n) is 10.4. The van der Waals surface area contributed by atoms with Crippen molar-refractivity contribution in [2.45, 2.75) is 6.61 Å². The molecule has 0 aliphatic heterocycles. The molecule has 2 rings (SSSR count). The van der Waals surface area contributed by atoms with Gasteiger partial charge < -0.3 is 9.47 Å². The second-order valence-electron chi connectivity index (χ2n) is 3.88. The first kappa shape index (κ1) is 14.0. The van der Waals surface area contributed by atoms with Gasteiger partial charge in [0.2, 0.25) is 0 Å². The summed E-state index contributed by atoms with van der Waals surface area (Å²) in [6, 6.07) is 15.2. The summed E-state index contributed by atoms with van der Waals surface area (Å²) in [6.45, 7) is 0.312. The Balaban J connectivity index is 1.86. The number of nitro benzene ring substituents is 1. The van der Waals surface area contributed by atoms with Crippen LogP contribution in [-0.2, 0) is 11.3 Å². The third kappa shape index (κ3) is 4.03. The molecule has 0 bridgehead atoms. The van der Waals surface area contributed by atoms with Crippen molar-refractivity contribution in [2.24, 2.45) is 0 Å². The monoisotopic (exact) mass is 289 g/mol. The number of nitro groups is 1. The van der Waals surface area contributed by atoms with Crippen LogP contribution < -0.4 is 4.74 Å². The summed E-state index contributed by atoms with van der Waals surface area (Å²) in [4.78, 5) is 10.0. The van der Waals surface area contributed by atoms with Gasteiger partial charge in [0.1, 0.15) is 12.4 Å². The minimum Gasteiger partial charge on any atom is -0.452 e. The quantitative estimate of drug-likeness (QED) is 0.490. The third-order valence-corrected chi connectivity index (χ3v) is 2.65.